The van der Waals surface area contributed by atoms with Gasteiger partial charge < -0.3 is 9.80 Å². The van der Waals surface area contributed by atoms with Crippen LogP contribution in [0.3, 0.4) is 0 Å². The smallest absolute Gasteiger partial charge is 0.239 e. The van der Waals surface area contributed by atoms with E-state index in [1.807, 2.05) is 28.1 Å². The molecule has 2 aromatic rings. The van der Waals surface area contributed by atoms with Crippen LogP contribution in [-0.2, 0) is 16.0 Å². The summed E-state index contributed by atoms with van der Waals surface area (Å²) in [6.07, 6.45) is 3.31. The first-order chi connectivity index (χ1) is 15.5. The molecule has 0 aliphatic carbocycles. The van der Waals surface area contributed by atoms with Gasteiger partial charge in [-0.25, -0.2) is 0 Å². The minimum Gasteiger partial charge on any atom is -0.341 e. The molecule has 2 aliphatic heterocycles. The van der Waals surface area contributed by atoms with Gasteiger partial charge >= 0.3 is 0 Å². The summed E-state index contributed by atoms with van der Waals surface area (Å²) < 4.78 is 0. The van der Waals surface area contributed by atoms with Crippen LogP contribution < -0.4 is 0 Å². The average molecular weight is 454 g/mol. The van der Waals surface area contributed by atoms with E-state index in [0.29, 0.717) is 19.5 Å². The summed E-state index contributed by atoms with van der Waals surface area (Å²) in [5.74, 6) is 0.405. The lowest BCUT2D eigenvalue weighted by Gasteiger charge is -2.41. The van der Waals surface area contributed by atoms with Crippen molar-refractivity contribution >= 4 is 23.2 Å². The summed E-state index contributed by atoms with van der Waals surface area (Å²) in [6, 6.07) is 10.7. The van der Waals surface area contributed by atoms with Crippen LogP contribution >= 0.6 is 11.3 Å². The summed E-state index contributed by atoms with van der Waals surface area (Å²) in [4.78, 5) is 33.8. The average Bonchev–Trinajstić information content (AvgIpc) is 3.14. The normalized spacial score (nSPS) is 20.5. The van der Waals surface area contributed by atoms with E-state index in [1.165, 1.54) is 21.6 Å². The standard InChI is InChI=1S/C26H35N3O2S/c1-4-8-24(30)27-13-7-14-28(17-16-27)26(31)20(3)29-15-11-23-22(12-18-32-23)25(29)21-10-6-5-9-19(21)2/h5-6,9-10,12,18,20,25H,4,7-8,11,13-17H2,1-3H3. The lowest BCUT2D eigenvalue weighted by Crippen LogP contribution is -2.51. The molecule has 2 amide bonds. The number of carbonyl (C=O) groups excluding carboxylic acids is 2. The van der Waals surface area contributed by atoms with Crippen molar-refractivity contribution in [3.8, 4) is 0 Å². The third-order valence-corrected chi connectivity index (χ3v) is 7.96. The van der Waals surface area contributed by atoms with Crippen molar-refractivity contribution in [2.45, 2.75) is 58.5 Å². The highest BCUT2D eigenvalue weighted by molar-refractivity contribution is 7.10. The van der Waals surface area contributed by atoms with Crippen LogP contribution in [-0.4, -0.2) is 65.3 Å². The van der Waals surface area contributed by atoms with Gasteiger partial charge in [0, 0.05) is 44.0 Å². The fourth-order valence-corrected chi connectivity index (χ4v) is 6.06. The Morgan fingerprint density at radius 3 is 2.56 bits per heavy atom. The highest BCUT2D eigenvalue weighted by Crippen LogP contribution is 2.40. The zero-order valence-corrected chi connectivity index (χ0v) is 20.4. The van der Waals surface area contributed by atoms with Crippen LogP contribution in [0.4, 0.5) is 0 Å². The van der Waals surface area contributed by atoms with Crippen molar-refractivity contribution in [1.82, 2.24) is 14.7 Å². The van der Waals surface area contributed by atoms with Crippen LogP contribution in [0.5, 0.6) is 0 Å². The SMILES string of the molecule is CCCC(=O)N1CCCN(C(=O)C(C)N2CCc3sccc3C2c2ccccc2C)CC1. The van der Waals surface area contributed by atoms with Crippen molar-refractivity contribution < 1.29 is 9.59 Å². The Balaban J connectivity index is 1.54. The van der Waals surface area contributed by atoms with Gasteiger partial charge in [0.2, 0.25) is 11.8 Å². The maximum absolute atomic E-state index is 13.6. The third-order valence-electron chi connectivity index (χ3n) is 6.97. The van der Waals surface area contributed by atoms with E-state index in [-0.39, 0.29) is 23.9 Å². The number of hydrogen-bond acceptors (Lipinski definition) is 4. The van der Waals surface area contributed by atoms with Gasteiger partial charge in [-0.3, -0.25) is 14.5 Å². The van der Waals surface area contributed by atoms with E-state index in [9.17, 15) is 9.59 Å². The Bertz CT molecular complexity index is 956. The number of hydrogen-bond donors (Lipinski definition) is 0. The van der Waals surface area contributed by atoms with Crippen LogP contribution in [0.25, 0.3) is 0 Å². The van der Waals surface area contributed by atoms with Crippen LogP contribution in [0.15, 0.2) is 35.7 Å². The first-order valence-electron chi connectivity index (χ1n) is 11.9. The van der Waals surface area contributed by atoms with Crippen LogP contribution in [0.2, 0.25) is 0 Å². The van der Waals surface area contributed by atoms with E-state index in [4.69, 9.17) is 0 Å². The highest BCUT2D eigenvalue weighted by atomic mass is 32.1. The van der Waals surface area contributed by atoms with Crippen molar-refractivity contribution in [2.24, 2.45) is 0 Å². The molecule has 2 aliphatic rings. The van der Waals surface area contributed by atoms with E-state index in [2.05, 4.69) is 54.5 Å². The molecule has 6 heteroatoms. The lowest BCUT2D eigenvalue weighted by atomic mass is 9.89. The number of thiophene rings is 1. The zero-order valence-electron chi connectivity index (χ0n) is 19.5. The van der Waals surface area contributed by atoms with E-state index < -0.39 is 0 Å². The molecule has 0 saturated carbocycles. The van der Waals surface area contributed by atoms with Gasteiger partial charge in [0.05, 0.1) is 12.1 Å². The minimum atomic E-state index is -0.203. The summed E-state index contributed by atoms with van der Waals surface area (Å²) in [7, 11) is 0. The van der Waals surface area contributed by atoms with Gasteiger partial charge in [0.1, 0.15) is 0 Å². The molecule has 3 heterocycles. The Labute approximate surface area is 196 Å². The van der Waals surface area contributed by atoms with Crippen molar-refractivity contribution in [3.63, 3.8) is 0 Å². The number of nitrogens with zero attached hydrogens (tertiary/aromatic N) is 3. The lowest BCUT2D eigenvalue weighted by molar-refractivity contribution is -0.138. The summed E-state index contributed by atoms with van der Waals surface area (Å²) >= 11 is 1.83. The Kier molecular flexibility index (Phi) is 7.31. The molecule has 1 saturated heterocycles. The number of rotatable bonds is 5. The predicted molar refractivity (Wildman–Crippen MR) is 130 cm³/mol. The molecule has 2 atom stereocenters. The molecule has 32 heavy (non-hydrogen) atoms. The molecule has 0 radical (unpaired) electrons. The molecule has 4 rings (SSSR count). The van der Waals surface area contributed by atoms with Gasteiger partial charge in [-0.05, 0) is 61.2 Å². The van der Waals surface area contributed by atoms with Crippen molar-refractivity contribution in [1.29, 1.82) is 0 Å². The molecular weight excluding hydrogens is 418 g/mol. The van der Waals surface area contributed by atoms with Gasteiger partial charge in [0.15, 0.2) is 0 Å². The fraction of sp³-hybridized carbons (Fsp3) is 0.538. The summed E-state index contributed by atoms with van der Waals surface area (Å²) in [5, 5.41) is 2.18. The molecule has 1 fully saturated rings. The third kappa shape index (κ3) is 4.62. The van der Waals surface area contributed by atoms with Crippen LogP contribution in [0.1, 0.15) is 60.7 Å². The topological polar surface area (TPSA) is 43.9 Å². The maximum Gasteiger partial charge on any atom is 0.239 e. The second kappa shape index (κ2) is 10.2. The molecule has 2 unspecified atom stereocenters. The molecule has 5 nitrogen and oxygen atoms in total. The molecule has 0 bridgehead atoms. The number of carbonyl (C=O) groups is 2. The Hall–Kier alpha value is -2.18. The second-order valence-corrected chi connectivity index (χ2v) is 10.0. The number of aryl methyl sites for hydroxylation is 1. The Morgan fingerprint density at radius 2 is 1.78 bits per heavy atom. The number of amides is 2. The first-order valence-corrected chi connectivity index (χ1v) is 12.8. The summed E-state index contributed by atoms with van der Waals surface area (Å²) in [5.41, 5.74) is 3.90. The fourth-order valence-electron chi connectivity index (χ4n) is 5.16. The van der Waals surface area contributed by atoms with Crippen molar-refractivity contribution in [2.75, 3.05) is 32.7 Å². The molecule has 1 aromatic carbocycles. The number of fused-ring (bicyclic) bond motifs is 1. The van der Waals surface area contributed by atoms with Crippen LogP contribution in [0, 0.1) is 6.92 Å². The van der Waals surface area contributed by atoms with Gasteiger partial charge in [-0.1, -0.05) is 31.2 Å². The van der Waals surface area contributed by atoms with Gasteiger partial charge in [-0.2, -0.15) is 0 Å². The molecule has 0 spiro atoms. The maximum atomic E-state index is 13.6. The van der Waals surface area contributed by atoms with E-state index in [0.717, 1.165) is 38.9 Å². The first kappa shape index (κ1) is 23.0. The summed E-state index contributed by atoms with van der Waals surface area (Å²) in [6.45, 7) is 9.91. The Morgan fingerprint density at radius 1 is 1.03 bits per heavy atom. The zero-order chi connectivity index (χ0) is 22.7. The highest BCUT2D eigenvalue weighted by Gasteiger charge is 2.37. The molecule has 0 N–H and O–H groups in total. The van der Waals surface area contributed by atoms with Gasteiger partial charge in [0.25, 0.3) is 0 Å². The van der Waals surface area contributed by atoms with Gasteiger partial charge in [-0.15, -0.1) is 11.3 Å². The second-order valence-electron chi connectivity index (χ2n) is 9.03. The quantitative estimate of drug-likeness (QED) is 0.680. The van der Waals surface area contributed by atoms with E-state index in [1.54, 1.807) is 0 Å². The van der Waals surface area contributed by atoms with E-state index >= 15 is 0 Å². The predicted octanol–water partition coefficient (Wildman–Crippen LogP) is 4.25. The minimum absolute atomic E-state index is 0.111. The molecule has 172 valence electrons. The molecular formula is C26H35N3O2S. The monoisotopic (exact) mass is 453 g/mol. The van der Waals surface area contributed by atoms with Crippen molar-refractivity contribution in [3.05, 3.63) is 57.3 Å². The number of benzene rings is 1. The molecule has 1 aromatic heterocycles. The largest absolute Gasteiger partial charge is 0.341 e.